The second kappa shape index (κ2) is 7.80. The van der Waals surface area contributed by atoms with E-state index in [1.54, 1.807) is 23.5 Å². The molecule has 0 spiro atoms. The summed E-state index contributed by atoms with van der Waals surface area (Å²) in [5, 5.41) is 4.98. The molecule has 0 aromatic carbocycles. The second-order valence-corrected chi connectivity index (χ2v) is 6.73. The van der Waals surface area contributed by atoms with Crippen LogP contribution in [-0.2, 0) is 6.42 Å². The average molecular weight is 328 g/mol. The second-order valence-electron chi connectivity index (χ2n) is 3.94. The van der Waals surface area contributed by atoms with Gasteiger partial charge in [-0.1, -0.05) is 25.6 Å². The molecular formula is C12H17N5S3. The first-order chi connectivity index (χ1) is 9.75. The van der Waals surface area contributed by atoms with Crippen molar-refractivity contribution in [3.8, 4) is 0 Å². The summed E-state index contributed by atoms with van der Waals surface area (Å²) in [6.45, 7) is 5.10. The number of rotatable bonds is 7. The maximum atomic E-state index is 4.50. The minimum atomic E-state index is 0.772. The molecule has 0 saturated carbocycles. The van der Waals surface area contributed by atoms with Gasteiger partial charge in [-0.3, -0.25) is 0 Å². The van der Waals surface area contributed by atoms with Gasteiger partial charge in [0.25, 0.3) is 0 Å². The smallest absolute Gasteiger partial charge is 0.190 e. The van der Waals surface area contributed by atoms with E-state index >= 15 is 0 Å². The largest absolute Gasteiger partial charge is 0.370 e. The van der Waals surface area contributed by atoms with Crippen LogP contribution in [0.25, 0.3) is 0 Å². The Morgan fingerprint density at radius 2 is 2.10 bits per heavy atom. The predicted octanol–water partition coefficient (Wildman–Crippen LogP) is 3.59. The SMILES string of the molecule is CCCNc1cc(Sc2nc(CC)ns2)nc(SC)n1. The molecule has 108 valence electrons. The molecule has 2 aromatic heterocycles. The van der Waals surface area contributed by atoms with Gasteiger partial charge in [0.1, 0.15) is 16.7 Å². The third kappa shape index (κ3) is 4.32. The van der Waals surface area contributed by atoms with Gasteiger partial charge in [-0.25, -0.2) is 15.0 Å². The first-order valence-corrected chi connectivity index (χ1v) is 9.24. The van der Waals surface area contributed by atoms with Crippen molar-refractivity contribution in [2.75, 3.05) is 18.1 Å². The highest BCUT2D eigenvalue weighted by atomic mass is 32.2. The maximum Gasteiger partial charge on any atom is 0.190 e. The number of aromatic nitrogens is 4. The third-order valence-electron chi connectivity index (χ3n) is 2.38. The minimum absolute atomic E-state index is 0.772. The van der Waals surface area contributed by atoms with Crippen LogP contribution in [0.1, 0.15) is 26.1 Å². The molecule has 0 fully saturated rings. The molecule has 2 heterocycles. The van der Waals surface area contributed by atoms with Crippen LogP contribution in [0.5, 0.6) is 0 Å². The highest BCUT2D eigenvalue weighted by Gasteiger charge is 2.09. The van der Waals surface area contributed by atoms with Gasteiger partial charge >= 0.3 is 0 Å². The summed E-state index contributed by atoms with van der Waals surface area (Å²) in [5.41, 5.74) is 0. The van der Waals surface area contributed by atoms with Crippen molar-refractivity contribution >= 4 is 40.9 Å². The summed E-state index contributed by atoms with van der Waals surface area (Å²) >= 11 is 4.50. The van der Waals surface area contributed by atoms with Crippen LogP contribution in [0, 0.1) is 0 Å². The summed E-state index contributed by atoms with van der Waals surface area (Å²) in [7, 11) is 0. The van der Waals surface area contributed by atoms with Gasteiger partial charge in [0.05, 0.1) is 0 Å². The van der Waals surface area contributed by atoms with Gasteiger partial charge in [-0.15, -0.1) is 0 Å². The van der Waals surface area contributed by atoms with Crippen molar-refractivity contribution in [3.63, 3.8) is 0 Å². The highest BCUT2D eigenvalue weighted by molar-refractivity contribution is 8.01. The lowest BCUT2D eigenvalue weighted by molar-refractivity contribution is 0.877. The molecule has 1 N–H and O–H groups in total. The molecule has 0 aliphatic rings. The first kappa shape index (κ1) is 15.5. The van der Waals surface area contributed by atoms with E-state index in [9.17, 15) is 0 Å². The number of nitrogens with zero attached hydrogens (tertiary/aromatic N) is 4. The Morgan fingerprint density at radius 3 is 2.75 bits per heavy atom. The lowest BCUT2D eigenvalue weighted by Gasteiger charge is -2.07. The molecule has 0 bridgehead atoms. The third-order valence-corrected chi connectivity index (χ3v) is 4.63. The van der Waals surface area contributed by atoms with Crippen LogP contribution in [0.2, 0.25) is 0 Å². The summed E-state index contributed by atoms with van der Waals surface area (Å²) in [5.74, 6) is 1.76. The Kier molecular flexibility index (Phi) is 6.06. The van der Waals surface area contributed by atoms with Gasteiger partial charge in [0, 0.05) is 19.0 Å². The molecule has 5 nitrogen and oxygen atoms in total. The molecule has 20 heavy (non-hydrogen) atoms. The van der Waals surface area contributed by atoms with Crippen LogP contribution in [-0.4, -0.2) is 32.1 Å². The Hall–Kier alpha value is -0.860. The van der Waals surface area contributed by atoms with Crippen molar-refractivity contribution in [2.24, 2.45) is 0 Å². The fourth-order valence-electron chi connectivity index (χ4n) is 1.40. The molecule has 0 aliphatic heterocycles. The maximum absolute atomic E-state index is 4.50. The van der Waals surface area contributed by atoms with Crippen molar-refractivity contribution in [2.45, 2.75) is 41.2 Å². The van der Waals surface area contributed by atoms with Gasteiger partial charge in [-0.2, -0.15) is 4.37 Å². The quantitative estimate of drug-likeness (QED) is 0.473. The highest BCUT2D eigenvalue weighted by Crippen LogP contribution is 2.30. The van der Waals surface area contributed by atoms with E-state index < -0.39 is 0 Å². The fourth-order valence-corrected chi connectivity index (χ4v) is 3.49. The summed E-state index contributed by atoms with van der Waals surface area (Å²) < 4.78 is 5.22. The number of hydrogen-bond donors (Lipinski definition) is 1. The molecule has 2 rings (SSSR count). The molecular weight excluding hydrogens is 310 g/mol. The van der Waals surface area contributed by atoms with E-state index in [1.807, 2.05) is 12.3 Å². The van der Waals surface area contributed by atoms with Crippen LogP contribution < -0.4 is 5.32 Å². The fraction of sp³-hybridized carbons (Fsp3) is 0.500. The number of thioether (sulfide) groups is 1. The summed E-state index contributed by atoms with van der Waals surface area (Å²) in [6, 6.07) is 1.97. The Labute approximate surface area is 131 Å². The molecule has 0 aliphatic carbocycles. The lowest BCUT2D eigenvalue weighted by atomic mass is 10.4. The average Bonchev–Trinajstić information content (AvgIpc) is 2.92. The summed E-state index contributed by atoms with van der Waals surface area (Å²) in [6.07, 6.45) is 3.91. The topological polar surface area (TPSA) is 63.6 Å². The zero-order valence-corrected chi connectivity index (χ0v) is 14.2. The Bertz CT molecular complexity index is 558. The molecule has 0 saturated heterocycles. The van der Waals surface area contributed by atoms with E-state index in [4.69, 9.17) is 0 Å². The van der Waals surface area contributed by atoms with E-state index in [0.717, 1.165) is 45.6 Å². The minimum Gasteiger partial charge on any atom is -0.370 e. The van der Waals surface area contributed by atoms with Crippen LogP contribution in [0.15, 0.2) is 20.6 Å². The van der Waals surface area contributed by atoms with Gasteiger partial charge in [0.2, 0.25) is 0 Å². The first-order valence-electron chi connectivity index (χ1n) is 6.42. The van der Waals surface area contributed by atoms with Crippen molar-refractivity contribution in [3.05, 3.63) is 11.9 Å². The normalized spacial score (nSPS) is 10.8. The van der Waals surface area contributed by atoms with E-state index in [0.29, 0.717) is 0 Å². The molecule has 8 heteroatoms. The lowest BCUT2D eigenvalue weighted by Crippen LogP contribution is -2.03. The van der Waals surface area contributed by atoms with Gasteiger partial charge in [0.15, 0.2) is 9.50 Å². The van der Waals surface area contributed by atoms with E-state index in [-0.39, 0.29) is 0 Å². The Morgan fingerprint density at radius 1 is 1.25 bits per heavy atom. The van der Waals surface area contributed by atoms with Crippen LogP contribution in [0.3, 0.4) is 0 Å². The molecule has 0 radical (unpaired) electrons. The zero-order chi connectivity index (χ0) is 14.4. The monoisotopic (exact) mass is 327 g/mol. The molecule has 0 amide bonds. The molecule has 0 atom stereocenters. The summed E-state index contributed by atoms with van der Waals surface area (Å²) in [4.78, 5) is 13.4. The molecule has 0 unspecified atom stereocenters. The van der Waals surface area contributed by atoms with E-state index in [2.05, 4.69) is 38.5 Å². The number of nitrogens with one attached hydrogen (secondary N) is 1. The van der Waals surface area contributed by atoms with Crippen LogP contribution in [0.4, 0.5) is 5.82 Å². The van der Waals surface area contributed by atoms with Gasteiger partial charge < -0.3 is 5.32 Å². The van der Waals surface area contributed by atoms with Crippen molar-refractivity contribution < 1.29 is 0 Å². The van der Waals surface area contributed by atoms with Crippen molar-refractivity contribution in [1.82, 2.24) is 19.3 Å². The zero-order valence-electron chi connectivity index (χ0n) is 11.7. The molecule has 2 aromatic rings. The van der Waals surface area contributed by atoms with E-state index in [1.165, 1.54) is 11.5 Å². The number of hydrogen-bond acceptors (Lipinski definition) is 8. The number of aryl methyl sites for hydroxylation is 1. The van der Waals surface area contributed by atoms with Gasteiger partial charge in [-0.05, 0) is 36.0 Å². The van der Waals surface area contributed by atoms with Crippen molar-refractivity contribution in [1.29, 1.82) is 0 Å². The predicted molar refractivity (Wildman–Crippen MR) is 86.0 cm³/mol. The number of anilines is 1. The standard InChI is InChI=1S/C12H17N5S3/c1-4-6-13-9-7-10(16-11(14-9)18-3)19-12-15-8(5-2)17-20-12/h7H,4-6H2,1-3H3,(H,13,14,16). The van der Waals surface area contributed by atoms with Crippen LogP contribution >= 0.6 is 35.1 Å². The Balaban J connectivity index is 2.16.